The van der Waals surface area contributed by atoms with Crippen molar-refractivity contribution in [2.75, 3.05) is 13.6 Å². The summed E-state index contributed by atoms with van der Waals surface area (Å²) < 4.78 is 1.44. The summed E-state index contributed by atoms with van der Waals surface area (Å²) in [5.41, 5.74) is -0.301. The number of aliphatic hydroxyl groups is 1. The third kappa shape index (κ3) is 3.61. The first kappa shape index (κ1) is 15.1. The number of aromatic nitrogens is 2. The van der Waals surface area contributed by atoms with Crippen LogP contribution in [0.25, 0.3) is 5.69 Å². The highest BCUT2D eigenvalue weighted by Crippen LogP contribution is 2.20. The van der Waals surface area contributed by atoms with Gasteiger partial charge >= 0.3 is 0 Å². The van der Waals surface area contributed by atoms with Gasteiger partial charge in [0.15, 0.2) is 11.4 Å². The molecule has 1 aromatic heterocycles. The van der Waals surface area contributed by atoms with Gasteiger partial charge in [-0.2, -0.15) is 5.10 Å². The molecular formula is C15H19N3O3. The molecule has 6 nitrogen and oxygen atoms in total. The van der Waals surface area contributed by atoms with Gasteiger partial charge < -0.3 is 15.1 Å². The number of benzene rings is 1. The van der Waals surface area contributed by atoms with Crippen LogP contribution >= 0.6 is 0 Å². The number of carbonyl (C=O) groups excluding carboxylic acids is 1. The summed E-state index contributed by atoms with van der Waals surface area (Å²) >= 11 is 0. The molecule has 6 heteroatoms. The third-order valence-electron chi connectivity index (χ3n) is 2.89. The van der Waals surface area contributed by atoms with Gasteiger partial charge in [0.2, 0.25) is 0 Å². The van der Waals surface area contributed by atoms with Crippen LogP contribution in [0.1, 0.15) is 24.3 Å². The lowest BCUT2D eigenvalue weighted by molar-refractivity contribution is 0.0363. The number of likely N-dealkylation sites (N-methyl/N-ethyl adjacent to an activating group) is 1. The summed E-state index contributed by atoms with van der Waals surface area (Å²) in [5, 5.41) is 23.8. The predicted octanol–water partition coefficient (Wildman–Crippen LogP) is 1.42. The summed E-state index contributed by atoms with van der Waals surface area (Å²) in [6, 6.07) is 9.20. The number of hydrogen-bond acceptors (Lipinski definition) is 4. The van der Waals surface area contributed by atoms with Crippen LogP contribution in [-0.4, -0.2) is 50.0 Å². The molecule has 0 atom stereocenters. The summed E-state index contributed by atoms with van der Waals surface area (Å²) in [6.07, 6.45) is 1.39. The Morgan fingerprint density at radius 3 is 2.52 bits per heavy atom. The van der Waals surface area contributed by atoms with Gasteiger partial charge in [-0.05, 0) is 26.0 Å². The van der Waals surface area contributed by atoms with E-state index in [1.807, 2.05) is 30.3 Å². The molecule has 112 valence electrons. The molecule has 0 bridgehead atoms. The molecule has 0 fully saturated rings. The van der Waals surface area contributed by atoms with Crippen LogP contribution in [0.2, 0.25) is 0 Å². The minimum absolute atomic E-state index is 0.0365. The van der Waals surface area contributed by atoms with Crippen LogP contribution in [0.15, 0.2) is 36.5 Å². The molecule has 2 rings (SSSR count). The zero-order valence-electron chi connectivity index (χ0n) is 12.3. The van der Waals surface area contributed by atoms with Crippen LogP contribution in [0.5, 0.6) is 5.75 Å². The van der Waals surface area contributed by atoms with Gasteiger partial charge in [-0.15, -0.1) is 0 Å². The summed E-state index contributed by atoms with van der Waals surface area (Å²) in [7, 11) is 1.56. The van der Waals surface area contributed by atoms with Crippen molar-refractivity contribution >= 4 is 5.91 Å². The molecule has 1 aromatic carbocycles. The smallest absolute Gasteiger partial charge is 0.278 e. The molecular weight excluding hydrogens is 270 g/mol. The van der Waals surface area contributed by atoms with Crippen molar-refractivity contribution in [3.8, 4) is 11.4 Å². The second-order valence-electron chi connectivity index (χ2n) is 5.62. The Morgan fingerprint density at radius 1 is 1.33 bits per heavy atom. The highest BCUT2D eigenvalue weighted by Gasteiger charge is 2.24. The minimum Gasteiger partial charge on any atom is -0.504 e. The molecule has 1 heterocycles. The molecule has 0 spiro atoms. The average Bonchev–Trinajstić information content (AvgIpc) is 2.79. The maximum Gasteiger partial charge on any atom is 0.278 e. The molecule has 21 heavy (non-hydrogen) atoms. The van der Waals surface area contributed by atoms with E-state index in [2.05, 4.69) is 5.10 Å². The maximum atomic E-state index is 12.3. The summed E-state index contributed by atoms with van der Waals surface area (Å²) in [5.74, 6) is -0.629. The second kappa shape index (κ2) is 5.57. The Balaban J connectivity index is 2.25. The predicted molar refractivity (Wildman–Crippen MR) is 78.5 cm³/mol. The third-order valence-corrected chi connectivity index (χ3v) is 2.89. The van der Waals surface area contributed by atoms with Crippen molar-refractivity contribution in [1.82, 2.24) is 14.7 Å². The quantitative estimate of drug-likeness (QED) is 0.892. The lowest BCUT2D eigenvalue weighted by Crippen LogP contribution is -2.39. The van der Waals surface area contributed by atoms with Gasteiger partial charge in [0.25, 0.3) is 5.91 Å². The molecule has 0 radical (unpaired) electrons. The molecule has 2 aromatic rings. The van der Waals surface area contributed by atoms with E-state index in [9.17, 15) is 15.0 Å². The summed E-state index contributed by atoms with van der Waals surface area (Å²) in [4.78, 5) is 13.6. The molecule has 0 saturated heterocycles. The second-order valence-corrected chi connectivity index (χ2v) is 5.62. The van der Waals surface area contributed by atoms with Crippen LogP contribution < -0.4 is 0 Å². The van der Waals surface area contributed by atoms with Crippen molar-refractivity contribution in [2.24, 2.45) is 0 Å². The van der Waals surface area contributed by atoms with Crippen molar-refractivity contribution in [3.05, 3.63) is 42.2 Å². The van der Waals surface area contributed by atoms with Crippen molar-refractivity contribution in [2.45, 2.75) is 19.4 Å². The Kier molecular flexibility index (Phi) is 3.99. The summed E-state index contributed by atoms with van der Waals surface area (Å²) in [6.45, 7) is 3.36. The van der Waals surface area contributed by atoms with E-state index in [0.717, 1.165) is 5.69 Å². The molecule has 0 aliphatic rings. The first-order chi connectivity index (χ1) is 9.78. The Bertz CT molecular complexity index is 629. The van der Waals surface area contributed by atoms with Gasteiger partial charge in [-0.1, -0.05) is 18.2 Å². The van der Waals surface area contributed by atoms with E-state index >= 15 is 0 Å². The largest absolute Gasteiger partial charge is 0.504 e. The fourth-order valence-corrected chi connectivity index (χ4v) is 2.06. The van der Waals surface area contributed by atoms with Crippen molar-refractivity contribution < 1.29 is 15.0 Å². The normalized spacial score (nSPS) is 11.4. The van der Waals surface area contributed by atoms with E-state index < -0.39 is 11.5 Å². The fourth-order valence-electron chi connectivity index (χ4n) is 2.06. The standard InChI is InChI=1S/C15H19N3O3/c1-15(2,21)10-17(3)14(20)13-12(19)9-18(16-13)11-7-5-4-6-8-11/h4-9,19,21H,10H2,1-3H3. The van der Waals surface area contributed by atoms with E-state index in [-0.39, 0.29) is 18.0 Å². The highest BCUT2D eigenvalue weighted by atomic mass is 16.3. The van der Waals surface area contributed by atoms with E-state index in [1.54, 1.807) is 20.9 Å². The average molecular weight is 289 g/mol. The van der Waals surface area contributed by atoms with Crippen LogP contribution in [0, 0.1) is 0 Å². The van der Waals surface area contributed by atoms with Crippen LogP contribution in [0.3, 0.4) is 0 Å². The van der Waals surface area contributed by atoms with E-state index in [0.29, 0.717) is 0 Å². The van der Waals surface area contributed by atoms with Crippen LogP contribution in [-0.2, 0) is 0 Å². The topological polar surface area (TPSA) is 78.6 Å². The molecule has 1 amide bonds. The molecule has 0 unspecified atom stereocenters. The number of amides is 1. The number of rotatable bonds is 4. The van der Waals surface area contributed by atoms with Crippen molar-refractivity contribution in [3.63, 3.8) is 0 Å². The van der Waals surface area contributed by atoms with Gasteiger partial charge in [0.05, 0.1) is 17.5 Å². The van der Waals surface area contributed by atoms with Gasteiger partial charge in [-0.3, -0.25) is 4.79 Å². The Morgan fingerprint density at radius 2 is 1.95 bits per heavy atom. The molecule has 2 N–H and O–H groups in total. The van der Waals surface area contributed by atoms with Gasteiger partial charge in [0.1, 0.15) is 0 Å². The number of nitrogens with zero attached hydrogens (tertiary/aromatic N) is 3. The lowest BCUT2D eigenvalue weighted by Gasteiger charge is -2.24. The zero-order valence-corrected chi connectivity index (χ0v) is 12.3. The monoisotopic (exact) mass is 289 g/mol. The molecule has 0 aliphatic carbocycles. The highest BCUT2D eigenvalue weighted by molar-refractivity contribution is 5.94. The Labute approximate surface area is 123 Å². The maximum absolute atomic E-state index is 12.3. The zero-order chi connectivity index (χ0) is 15.6. The first-order valence-electron chi connectivity index (χ1n) is 6.60. The van der Waals surface area contributed by atoms with Gasteiger partial charge in [0, 0.05) is 13.6 Å². The lowest BCUT2D eigenvalue weighted by atomic mass is 10.1. The molecule has 0 saturated carbocycles. The number of hydrogen-bond donors (Lipinski definition) is 2. The SMILES string of the molecule is CN(CC(C)(C)O)C(=O)c1nn(-c2ccccc2)cc1O. The fraction of sp³-hybridized carbons (Fsp3) is 0.333. The van der Waals surface area contributed by atoms with E-state index in [4.69, 9.17) is 0 Å². The number of carbonyl (C=O) groups is 1. The van der Waals surface area contributed by atoms with E-state index in [1.165, 1.54) is 15.8 Å². The minimum atomic E-state index is -1.01. The van der Waals surface area contributed by atoms with Gasteiger partial charge in [-0.25, -0.2) is 4.68 Å². The Hall–Kier alpha value is -2.34. The van der Waals surface area contributed by atoms with Crippen LogP contribution in [0.4, 0.5) is 0 Å². The first-order valence-corrected chi connectivity index (χ1v) is 6.60. The van der Waals surface area contributed by atoms with Crippen molar-refractivity contribution in [1.29, 1.82) is 0 Å². The number of aromatic hydroxyl groups is 1. The number of para-hydroxylation sites is 1. The molecule has 0 aliphatic heterocycles.